The molecule has 0 amide bonds. The molecule has 0 aromatic rings. The summed E-state index contributed by atoms with van der Waals surface area (Å²) in [4.78, 5) is 11.7. The van der Waals surface area contributed by atoms with Gasteiger partial charge in [-0.25, -0.2) is 0 Å². The summed E-state index contributed by atoms with van der Waals surface area (Å²) in [6.07, 6.45) is 3.78. The van der Waals surface area contributed by atoms with Gasteiger partial charge < -0.3 is 5.32 Å². The molecule has 0 aromatic carbocycles. The van der Waals surface area contributed by atoms with Crippen LogP contribution in [0.5, 0.6) is 0 Å². The highest BCUT2D eigenvalue weighted by molar-refractivity contribution is 7.99. The SMILES string of the molecule is CC1(C)CC(=O)CC2(CCSCC2)N1. The number of carbonyl (C=O) groups excluding carboxylic acids is 1. The van der Waals surface area contributed by atoms with E-state index in [-0.39, 0.29) is 11.1 Å². The second-order valence-electron chi connectivity index (χ2n) is 5.29. The Morgan fingerprint density at radius 3 is 2.43 bits per heavy atom. The van der Waals surface area contributed by atoms with Crippen LogP contribution in [-0.4, -0.2) is 28.4 Å². The predicted molar refractivity (Wildman–Crippen MR) is 60.7 cm³/mol. The van der Waals surface area contributed by atoms with E-state index in [9.17, 15) is 4.79 Å². The van der Waals surface area contributed by atoms with Crippen molar-refractivity contribution in [3.63, 3.8) is 0 Å². The van der Waals surface area contributed by atoms with Crippen molar-refractivity contribution in [2.24, 2.45) is 0 Å². The number of Topliss-reactive ketones (excluding diaryl/α,β-unsaturated/α-hetero) is 1. The van der Waals surface area contributed by atoms with Gasteiger partial charge in [-0.1, -0.05) is 0 Å². The Bertz CT molecular complexity index is 244. The van der Waals surface area contributed by atoms with Gasteiger partial charge in [-0.05, 0) is 38.2 Å². The molecule has 0 bridgehead atoms. The van der Waals surface area contributed by atoms with Gasteiger partial charge in [0, 0.05) is 23.9 Å². The quantitative estimate of drug-likeness (QED) is 0.667. The van der Waals surface area contributed by atoms with Gasteiger partial charge in [0.2, 0.25) is 0 Å². The van der Waals surface area contributed by atoms with Crippen LogP contribution < -0.4 is 5.32 Å². The summed E-state index contributed by atoms with van der Waals surface area (Å²) in [6, 6.07) is 0. The molecule has 0 radical (unpaired) electrons. The minimum absolute atomic E-state index is 0.0112. The van der Waals surface area contributed by atoms with Crippen molar-refractivity contribution >= 4 is 17.5 Å². The lowest BCUT2D eigenvalue weighted by atomic mass is 9.76. The third-order valence-corrected chi connectivity index (χ3v) is 4.21. The number of carbonyl (C=O) groups is 1. The summed E-state index contributed by atoms with van der Waals surface area (Å²) in [7, 11) is 0. The van der Waals surface area contributed by atoms with Crippen molar-refractivity contribution in [1.29, 1.82) is 0 Å². The third-order valence-electron chi connectivity index (χ3n) is 3.23. The Balaban J connectivity index is 2.14. The molecule has 2 aliphatic heterocycles. The maximum absolute atomic E-state index is 11.7. The van der Waals surface area contributed by atoms with Crippen molar-refractivity contribution in [1.82, 2.24) is 5.32 Å². The highest BCUT2D eigenvalue weighted by Gasteiger charge is 2.43. The molecule has 0 unspecified atom stereocenters. The molecule has 2 fully saturated rings. The van der Waals surface area contributed by atoms with E-state index in [0.29, 0.717) is 12.2 Å². The zero-order chi connectivity index (χ0) is 10.2. The number of hydrogen-bond acceptors (Lipinski definition) is 3. The molecule has 2 heterocycles. The number of hydrogen-bond donors (Lipinski definition) is 1. The Kier molecular flexibility index (Phi) is 2.64. The molecule has 0 saturated carbocycles. The van der Waals surface area contributed by atoms with Gasteiger partial charge >= 0.3 is 0 Å². The lowest BCUT2D eigenvalue weighted by molar-refractivity contribution is -0.125. The molecule has 1 N–H and O–H groups in total. The number of thioether (sulfide) groups is 1. The molecule has 3 heteroatoms. The predicted octanol–water partition coefficient (Wildman–Crippen LogP) is 1.98. The van der Waals surface area contributed by atoms with Gasteiger partial charge in [0.1, 0.15) is 5.78 Å². The molecule has 0 atom stereocenters. The summed E-state index contributed by atoms with van der Waals surface area (Å²) >= 11 is 2.01. The number of piperidine rings is 1. The first kappa shape index (κ1) is 10.5. The highest BCUT2D eigenvalue weighted by atomic mass is 32.2. The van der Waals surface area contributed by atoms with Crippen molar-refractivity contribution in [2.75, 3.05) is 11.5 Å². The van der Waals surface area contributed by atoms with Crippen molar-refractivity contribution in [3.8, 4) is 0 Å². The molecule has 1 spiro atoms. The fraction of sp³-hybridized carbons (Fsp3) is 0.909. The zero-order valence-electron chi connectivity index (χ0n) is 9.06. The van der Waals surface area contributed by atoms with Crippen LogP contribution in [0.25, 0.3) is 0 Å². The first-order chi connectivity index (χ1) is 6.52. The van der Waals surface area contributed by atoms with E-state index in [1.807, 2.05) is 11.8 Å². The Morgan fingerprint density at radius 2 is 1.86 bits per heavy atom. The summed E-state index contributed by atoms with van der Waals surface area (Å²) in [5.74, 6) is 2.85. The summed E-state index contributed by atoms with van der Waals surface area (Å²) in [5, 5.41) is 3.70. The van der Waals surface area contributed by atoms with Crippen LogP contribution in [0.4, 0.5) is 0 Å². The minimum Gasteiger partial charge on any atom is -0.305 e. The number of rotatable bonds is 0. The van der Waals surface area contributed by atoms with Crippen LogP contribution in [0, 0.1) is 0 Å². The molecule has 2 nitrogen and oxygen atoms in total. The average Bonchev–Trinajstić information content (AvgIpc) is 2.00. The third kappa shape index (κ3) is 2.14. The highest BCUT2D eigenvalue weighted by Crippen LogP contribution is 2.36. The second kappa shape index (κ2) is 3.53. The summed E-state index contributed by atoms with van der Waals surface area (Å²) in [5.41, 5.74) is 0.154. The molecule has 0 aliphatic carbocycles. The van der Waals surface area contributed by atoms with Crippen molar-refractivity contribution in [2.45, 2.75) is 50.6 Å². The van der Waals surface area contributed by atoms with Gasteiger partial charge in [-0.15, -0.1) is 0 Å². The van der Waals surface area contributed by atoms with E-state index in [0.717, 1.165) is 19.3 Å². The maximum Gasteiger partial charge on any atom is 0.136 e. The fourth-order valence-electron chi connectivity index (χ4n) is 2.80. The van der Waals surface area contributed by atoms with Crippen LogP contribution in [0.2, 0.25) is 0 Å². The Labute approximate surface area is 90.2 Å². The van der Waals surface area contributed by atoms with E-state index < -0.39 is 0 Å². The molecular formula is C11H19NOS. The lowest BCUT2D eigenvalue weighted by Crippen LogP contribution is -2.62. The minimum atomic E-state index is 0.0112. The van der Waals surface area contributed by atoms with Gasteiger partial charge in [0.05, 0.1) is 0 Å². The van der Waals surface area contributed by atoms with E-state index in [1.165, 1.54) is 11.5 Å². The van der Waals surface area contributed by atoms with Crippen LogP contribution in [0.15, 0.2) is 0 Å². The van der Waals surface area contributed by atoms with Crippen molar-refractivity contribution < 1.29 is 4.79 Å². The van der Waals surface area contributed by atoms with Crippen LogP contribution in [0.3, 0.4) is 0 Å². The van der Waals surface area contributed by atoms with Crippen LogP contribution >= 0.6 is 11.8 Å². The largest absolute Gasteiger partial charge is 0.305 e. The molecule has 2 saturated heterocycles. The van der Waals surface area contributed by atoms with Gasteiger partial charge in [-0.2, -0.15) is 11.8 Å². The van der Waals surface area contributed by atoms with Gasteiger partial charge in [0.15, 0.2) is 0 Å². The van der Waals surface area contributed by atoms with Gasteiger partial charge in [-0.3, -0.25) is 4.79 Å². The zero-order valence-corrected chi connectivity index (χ0v) is 9.88. The molecule has 0 aromatic heterocycles. The van der Waals surface area contributed by atoms with Crippen LogP contribution in [0.1, 0.15) is 39.5 Å². The normalized spacial score (nSPS) is 30.6. The maximum atomic E-state index is 11.7. The Hall–Kier alpha value is -0.0200. The van der Waals surface area contributed by atoms with Crippen LogP contribution in [-0.2, 0) is 4.79 Å². The lowest BCUT2D eigenvalue weighted by Gasteiger charge is -2.47. The molecule has 2 rings (SSSR count). The second-order valence-corrected chi connectivity index (χ2v) is 6.52. The fourth-order valence-corrected chi connectivity index (χ4v) is 4.08. The van der Waals surface area contributed by atoms with Gasteiger partial charge in [0.25, 0.3) is 0 Å². The Morgan fingerprint density at radius 1 is 1.21 bits per heavy atom. The smallest absolute Gasteiger partial charge is 0.136 e. The monoisotopic (exact) mass is 213 g/mol. The average molecular weight is 213 g/mol. The first-order valence-electron chi connectivity index (χ1n) is 5.40. The summed E-state index contributed by atoms with van der Waals surface area (Å²) in [6.45, 7) is 4.29. The topological polar surface area (TPSA) is 29.1 Å². The first-order valence-corrected chi connectivity index (χ1v) is 6.56. The number of nitrogens with one attached hydrogen (secondary N) is 1. The van der Waals surface area contributed by atoms with E-state index in [4.69, 9.17) is 0 Å². The molecular weight excluding hydrogens is 194 g/mol. The summed E-state index contributed by atoms with van der Waals surface area (Å²) < 4.78 is 0. The molecule has 14 heavy (non-hydrogen) atoms. The van der Waals surface area contributed by atoms with Crippen molar-refractivity contribution in [3.05, 3.63) is 0 Å². The van der Waals surface area contributed by atoms with E-state index in [1.54, 1.807) is 0 Å². The molecule has 2 aliphatic rings. The molecule has 80 valence electrons. The van der Waals surface area contributed by atoms with E-state index >= 15 is 0 Å². The standard InChI is InChI=1S/C11H19NOS/c1-10(2)7-9(13)8-11(12-10)3-5-14-6-4-11/h12H,3-8H2,1-2H3. The van der Waals surface area contributed by atoms with E-state index in [2.05, 4.69) is 19.2 Å². The number of ketones is 1.